The summed E-state index contributed by atoms with van der Waals surface area (Å²) in [5.74, 6) is 1.27. The molecule has 0 unspecified atom stereocenters. The Hall–Kier alpha value is -1.41. The lowest BCUT2D eigenvalue weighted by Gasteiger charge is -2.12. The fourth-order valence-corrected chi connectivity index (χ4v) is 2.01. The minimum atomic E-state index is -3.19. The Morgan fingerprint density at radius 3 is 2.26 bits per heavy atom. The Morgan fingerprint density at radius 1 is 1.16 bits per heavy atom. The van der Waals surface area contributed by atoms with Crippen LogP contribution < -0.4 is 10.6 Å². The van der Waals surface area contributed by atoms with Crippen LogP contribution in [0.1, 0.15) is 13.3 Å². The van der Waals surface area contributed by atoms with E-state index in [0.717, 1.165) is 13.0 Å². The van der Waals surface area contributed by atoms with Gasteiger partial charge in [-0.2, -0.15) is 0 Å². The summed E-state index contributed by atoms with van der Waals surface area (Å²) in [6, 6.07) is 0. The first kappa shape index (κ1) is 15.6. The van der Waals surface area contributed by atoms with E-state index in [2.05, 4.69) is 27.5 Å². The lowest BCUT2D eigenvalue weighted by molar-refractivity contribution is 0.521. The molecule has 0 aliphatic rings. The second kappa shape index (κ2) is 7.25. The van der Waals surface area contributed by atoms with E-state index in [4.69, 9.17) is 0 Å². The van der Waals surface area contributed by atoms with Crippen molar-refractivity contribution in [3.05, 3.63) is 12.4 Å². The second-order valence-electron chi connectivity index (χ2n) is 4.24. The van der Waals surface area contributed by atoms with Crippen molar-refractivity contribution in [2.24, 2.45) is 0 Å². The van der Waals surface area contributed by atoms with E-state index >= 15 is 0 Å². The Balaban J connectivity index is 2.49. The van der Waals surface area contributed by atoms with Gasteiger partial charge in [0.15, 0.2) is 0 Å². The minimum absolute atomic E-state index is 0.0221. The van der Waals surface area contributed by atoms with Crippen LogP contribution in [0.5, 0.6) is 0 Å². The van der Waals surface area contributed by atoms with Gasteiger partial charge in [-0.15, -0.1) is 0 Å². The number of hydrogen-bond donors (Lipinski definition) is 2. The summed E-state index contributed by atoms with van der Waals surface area (Å²) in [4.78, 5) is 8.32. The molecule has 0 atom stereocenters. The van der Waals surface area contributed by atoms with Gasteiger partial charge in [0.05, 0.1) is 18.1 Å². The maximum Gasteiger partial charge on any atom is 0.215 e. The van der Waals surface area contributed by atoms with Gasteiger partial charge in [0, 0.05) is 27.2 Å². The lowest BCUT2D eigenvalue weighted by Crippen LogP contribution is -2.28. The molecule has 2 N–H and O–H groups in total. The molecule has 0 bridgehead atoms. The van der Waals surface area contributed by atoms with Gasteiger partial charge < -0.3 is 10.6 Å². The maximum absolute atomic E-state index is 11.6. The average molecular weight is 287 g/mol. The third-order valence-electron chi connectivity index (χ3n) is 2.41. The predicted octanol–water partition coefficient (Wildman–Crippen LogP) is 0.602. The molecule has 0 radical (unpaired) electrons. The molecular formula is C11H21N5O2S. The molecule has 0 saturated carbocycles. The van der Waals surface area contributed by atoms with Crippen LogP contribution in [0.2, 0.25) is 0 Å². The van der Waals surface area contributed by atoms with Crippen molar-refractivity contribution in [2.75, 3.05) is 43.6 Å². The van der Waals surface area contributed by atoms with Gasteiger partial charge in [-0.25, -0.2) is 17.7 Å². The number of anilines is 2. The monoisotopic (exact) mass is 287 g/mol. The Kier molecular flexibility index (Phi) is 5.97. The number of rotatable bonds is 8. The summed E-state index contributed by atoms with van der Waals surface area (Å²) in [7, 11) is -0.149. The molecule has 19 heavy (non-hydrogen) atoms. The van der Waals surface area contributed by atoms with Crippen LogP contribution in [0.15, 0.2) is 12.4 Å². The standard InChI is InChI=1S/C11H21N5O2S/c1-4-5-13-10-8-12-9-11(15-10)14-6-7-19(17,18)16(2)3/h8-9H,4-7H2,1-3H3,(H2,13,14,15). The summed E-state index contributed by atoms with van der Waals surface area (Å²) < 4.78 is 24.3. The molecule has 0 saturated heterocycles. The molecule has 0 amide bonds. The van der Waals surface area contributed by atoms with Crippen molar-refractivity contribution in [1.29, 1.82) is 0 Å². The van der Waals surface area contributed by atoms with Crippen LogP contribution in [0.25, 0.3) is 0 Å². The van der Waals surface area contributed by atoms with Gasteiger partial charge in [-0.3, -0.25) is 4.98 Å². The normalized spacial score (nSPS) is 11.6. The number of hydrogen-bond acceptors (Lipinski definition) is 6. The van der Waals surface area contributed by atoms with Crippen LogP contribution in [0.4, 0.5) is 11.6 Å². The Bertz CT molecular complexity index is 490. The Morgan fingerprint density at radius 2 is 1.74 bits per heavy atom. The lowest BCUT2D eigenvalue weighted by atomic mass is 10.5. The molecule has 0 spiro atoms. The molecule has 1 heterocycles. The highest BCUT2D eigenvalue weighted by atomic mass is 32.2. The van der Waals surface area contributed by atoms with E-state index in [-0.39, 0.29) is 5.75 Å². The highest BCUT2D eigenvalue weighted by Crippen LogP contribution is 2.06. The topological polar surface area (TPSA) is 87.2 Å². The van der Waals surface area contributed by atoms with E-state index in [0.29, 0.717) is 18.2 Å². The van der Waals surface area contributed by atoms with Crippen LogP contribution in [0.3, 0.4) is 0 Å². The van der Waals surface area contributed by atoms with Crippen LogP contribution >= 0.6 is 0 Å². The van der Waals surface area contributed by atoms with Crippen molar-refractivity contribution in [2.45, 2.75) is 13.3 Å². The number of nitrogens with one attached hydrogen (secondary N) is 2. The molecule has 0 aliphatic heterocycles. The largest absolute Gasteiger partial charge is 0.369 e. The first-order valence-electron chi connectivity index (χ1n) is 6.15. The third kappa shape index (κ3) is 5.39. The second-order valence-corrected chi connectivity index (χ2v) is 6.54. The quantitative estimate of drug-likeness (QED) is 0.728. The molecule has 1 aromatic rings. The smallest absolute Gasteiger partial charge is 0.215 e. The summed E-state index contributed by atoms with van der Waals surface area (Å²) in [5.41, 5.74) is 0. The molecule has 1 aromatic heterocycles. The molecular weight excluding hydrogens is 266 g/mol. The molecule has 1 rings (SSSR count). The summed E-state index contributed by atoms with van der Waals surface area (Å²) in [6.07, 6.45) is 4.21. The number of aromatic nitrogens is 2. The molecule has 108 valence electrons. The highest BCUT2D eigenvalue weighted by molar-refractivity contribution is 7.89. The zero-order valence-corrected chi connectivity index (χ0v) is 12.4. The zero-order valence-electron chi connectivity index (χ0n) is 11.5. The van der Waals surface area contributed by atoms with Crippen molar-refractivity contribution in [1.82, 2.24) is 14.3 Å². The Labute approximate surface area is 114 Å². The van der Waals surface area contributed by atoms with Crippen molar-refractivity contribution >= 4 is 21.7 Å². The third-order valence-corrected chi connectivity index (χ3v) is 4.25. The molecule has 7 nitrogen and oxygen atoms in total. The average Bonchev–Trinajstić information content (AvgIpc) is 2.36. The molecule has 8 heteroatoms. The van der Waals surface area contributed by atoms with E-state index in [9.17, 15) is 8.42 Å². The number of nitrogens with zero attached hydrogens (tertiary/aromatic N) is 3. The van der Waals surface area contributed by atoms with Gasteiger partial charge in [-0.1, -0.05) is 6.92 Å². The van der Waals surface area contributed by atoms with E-state index in [1.165, 1.54) is 18.4 Å². The van der Waals surface area contributed by atoms with Crippen LogP contribution in [0, 0.1) is 0 Å². The highest BCUT2D eigenvalue weighted by Gasteiger charge is 2.12. The van der Waals surface area contributed by atoms with Crippen molar-refractivity contribution in [3.8, 4) is 0 Å². The van der Waals surface area contributed by atoms with Gasteiger partial charge in [0.25, 0.3) is 0 Å². The minimum Gasteiger partial charge on any atom is -0.369 e. The fraction of sp³-hybridized carbons (Fsp3) is 0.636. The molecule has 0 aromatic carbocycles. The van der Waals surface area contributed by atoms with Crippen molar-refractivity contribution < 1.29 is 8.42 Å². The van der Waals surface area contributed by atoms with Crippen LogP contribution in [-0.4, -0.2) is 55.6 Å². The summed E-state index contributed by atoms with van der Waals surface area (Å²) in [6.45, 7) is 3.19. The van der Waals surface area contributed by atoms with E-state index in [1.54, 1.807) is 12.4 Å². The summed E-state index contributed by atoms with van der Waals surface area (Å²) >= 11 is 0. The fourth-order valence-electron chi connectivity index (χ4n) is 1.28. The first-order chi connectivity index (χ1) is 8.95. The first-order valence-corrected chi connectivity index (χ1v) is 7.76. The van der Waals surface area contributed by atoms with Gasteiger partial charge in [0.2, 0.25) is 10.0 Å². The SMILES string of the molecule is CCCNc1cncc(NCCS(=O)(=O)N(C)C)n1. The van der Waals surface area contributed by atoms with E-state index in [1.807, 2.05) is 0 Å². The number of sulfonamides is 1. The predicted molar refractivity (Wildman–Crippen MR) is 76.8 cm³/mol. The van der Waals surface area contributed by atoms with Gasteiger partial charge >= 0.3 is 0 Å². The summed E-state index contributed by atoms with van der Waals surface area (Å²) in [5, 5.41) is 6.07. The van der Waals surface area contributed by atoms with Gasteiger partial charge in [0.1, 0.15) is 11.6 Å². The van der Waals surface area contributed by atoms with Crippen molar-refractivity contribution in [3.63, 3.8) is 0 Å². The molecule has 0 aliphatic carbocycles. The zero-order chi connectivity index (χ0) is 14.3. The van der Waals surface area contributed by atoms with E-state index < -0.39 is 10.0 Å². The van der Waals surface area contributed by atoms with Crippen LogP contribution in [-0.2, 0) is 10.0 Å². The van der Waals surface area contributed by atoms with Gasteiger partial charge in [-0.05, 0) is 6.42 Å². The maximum atomic E-state index is 11.6. The molecule has 0 fully saturated rings.